The molecule has 0 unspecified atom stereocenters. The molecule has 2 aromatic carbocycles. The Morgan fingerprint density at radius 3 is 2.48 bits per heavy atom. The van der Waals surface area contributed by atoms with Crippen molar-refractivity contribution in [3.05, 3.63) is 36.7 Å². The first kappa shape index (κ1) is 13.3. The highest BCUT2D eigenvalue weighted by atomic mass is 16.5. The van der Waals surface area contributed by atoms with Crippen LogP contribution in [-0.4, -0.2) is 28.9 Å². The summed E-state index contributed by atoms with van der Waals surface area (Å²) < 4.78 is 12.3. The Kier molecular flexibility index (Phi) is 3.17. The molecule has 0 saturated carbocycles. The smallest absolute Gasteiger partial charge is 0.161 e. The Balaban J connectivity index is 2.16. The normalized spacial score (nSPS) is 10.8. The minimum atomic E-state index is 0.206. The maximum absolute atomic E-state index is 10.2. The molecule has 0 fully saturated rings. The number of nitrogens with zero attached hydrogens (tertiary/aromatic N) is 2. The van der Waals surface area contributed by atoms with E-state index in [2.05, 4.69) is 4.98 Å². The van der Waals surface area contributed by atoms with E-state index < -0.39 is 0 Å². The van der Waals surface area contributed by atoms with Crippen molar-refractivity contribution in [2.75, 3.05) is 14.2 Å². The highest BCUT2D eigenvalue weighted by Crippen LogP contribution is 2.35. The van der Waals surface area contributed by atoms with Gasteiger partial charge >= 0.3 is 0 Å². The monoisotopic (exact) mass is 284 g/mol. The molecule has 0 radical (unpaired) electrons. The topological polar surface area (TPSA) is 56.5 Å². The number of phenolic OH excluding ortho intramolecular Hbond substituents is 1. The van der Waals surface area contributed by atoms with Gasteiger partial charge in [0.15, 0.2) is 11.5 Å². The number of phenols is 1. The quantitative estimate of drug-likeness (QED) is 0.803. The molecule has 0 spiro atoms. The van der Waals surface area contributed by atoms with Gasteiger partial charge in [0.2, 0.25) is 0 Å². The van der Waals surface area contributed by atoms with Gasteiger partial charge in [-0.15, -0.1) is 0 Å². The van der Waals surface area contributed by atoms with Crippen LogP contribution in [-0.2, 0) is 7.05 Å². The Bertz CT molecular complexity index is 809. The van der Waals surface area contributed by atoms with Crippen molar-refractivity contribution >= 4 is 11.0 Å². The van der Waals surface area contributed by atoms with Gasteiger partial charge in [-0.1, -0.05) is 6.07 Å². The fourth-order valence-corrected chi connectivity index (χ4v) is 2.45. The number of ether oxygens (including phenoxy) is 2. The number of aromatic hydroxyl groups is 1. The second kappa shape index (κ2) is 5.01. The third-order valence-corrected chi connectivity index (χ3v) is 3.51. The summed E-state index contributed by atoms with van der Waals surface area (Å²) >= 11 is 0. The second-order valence-corrected chi connectivity index (χ2v) is 4.79. The van der Waals surface area contributed by atoms with E-state index in [9.17, 15) is 5.11 Å². The molecule has 5 heteroatoms. The highest BCUT2D eigenvalue weighted by molar-refractivity contribution is 5.87. The predicted octanol–water partition coefficient (Wildman–Crippen LogP) is 2.96. The molecule has 3 rings (SSSR count). The van der Waals surface area contributed by atoms with Crippen molar-refractivity contribution < 1.29 is 14.6 Å². The first-order valence-corrected chi connectivity index (χ1v) is 6.50. The number of hydrogen-bond acceptors (Lipinski definition) is 4. The Hall–Kier alpha value is -2.69. The summed E-state index contributed by atoms with van der Waals surface area (Å²) in [5, 5.41) is 10.2. The van der Waals surface area contributed by atoms with E-state index in [4.69, 9.17) is 9.47 Å². The fourth-order valence-electron chi connectivity index (χ4n) is 2.45. The summed E-state index contributed by atoms with van der Waals surface area (Å²) in [6, 6.07) is 9.31. The van der Waals surface area contributed by atoms with Crippen molar-refractivity contribution in [1.29, 1.82) is 0 Å². The van der Waals surface area contributed by atoms with Gasteiger partial charge in [0.25, 0.3) is 0 Å². The Morgan fingerprint density at radius 1 is 1.00 bits per heavy atom. The molecule has 0 aliphatic carbocycles. The lowest BCUT2D eigenvalue weighted by atomic mass is 10.0. The van der Waals surface area contributed by atoms with Crippen LogP contribution in [0.4, 0.5) is 0 Å². The summed E-state index contributed by atoms with van der Waals surface area (Å²) in [5.41, 5.74) is 3.27. The number of fused-ring (bicyclic) bond motifs is 1. The summed E-state index contributed by atoms with van der Waals surface area (Å²) in [6.45, 7) is 0. The van der Waals surface area contributed by atoms with Gasteiger partial charge < -0.3 is 19.1 Å². The van der Waals surface area contributed by atoms with Gasteiger partial charge in [-0.05, 0) is 35.4 Å². The molecule has 108 valence electrons. The molecule has 5 nitrogen and oxygen atoms in total. The van der Waals surface area contributed by atoms with E-state index in [1.54, 1.807) is 31.2 Å². The molecule has 0 aliphatic rings. The van der Waals surface area contributed by atoms with Crippen LogP contribution in [0.3, 0.4) is 0 Å². The van der Waals surface area contributed by atoms with Crippen molar-refractivity contribution in [3.63, 3.8) is 0 Å². The van der Waals surface area contributed by atoms with Crippen LogP contribution in [0, 0.1) is 0 Å². The van der Waals surface area contributed by atoms with Crippen molar-refractivity contribution in [3.8, 4) is 28.4 Å². The molecule has 0 bridgehead atoms. The number of benzene rings is 2. The van der Waals surface area contributed by atoms with Crippen LogP contribution in [0.25, 0.3) is 22.2 Å². The van der Waals surface area contributed by atoms with Crippen LogP contribution in [0.15, 0.2) is 36.7 Å². The molecular weight excluding hydrogens is 268 g/mol. The minimum absolute atomic E-state index is 0.206. The number of rotatable bonds is 3. The second-order valence-electron chi connectivity index (χ2n) is 4.79. The van der Waals surface area contributed by atoms with E-state index >= 15 is 0 Å². The van der Waals surface area contributed by atoms with Gasteiger partial charge in [-0.25, -0.2) is 4.98 Å². The lowest BCUT2D eigenvalue weighted by Crippen LogP contribution is -1.91. The van der Waals surface area contributed by atoms with Crippen LogP contribution in [0.5, 0.6) is 17.2 Å². The van der Waals surface area contributed by atoms with E-state index in [0.717, 1.165) is 22.2 Å². The number of methoxy groups -OCH3 is 2. The first-order chi connectivity index (χ1) is 10.1. The summed E-state index contributed by atoms with van der Waals surface area (Å²) in [5.74, 6) is 1.53. The number of aryl methyl sites for hydroxylation is 1. The van der Waals surface area contributed by atoms with E-state index in [1.165, 1.54) is 0 Å². The van der Waals surface area contributed by atoms with Crippen LogP contribution >= 0.6 is 0 Å². The summed E-state index contributed by atoms with van der Waals surface area (Å²) in [6.07, 6.45) is 1.68. The Morgan fingerprint density at radius 2 is 1.76 bits per heavy atom. The van der Waals surface area contributed by atoms with E-state index in [0.29, 0.717) is 11.5 Å². The van der Waals surface area contributed by atoms with Crippen LogP contribution in [0.2, 0.25) is 0 Å². The SMILES string of the molecule is COc1ccc(-c2cc(O)c3c(c2)ncn3C)cc1OC. The molecular formula is C16H16N2O3. The average Bonchev–Trinajstić information content (AvgIpc) is 2.88. The molecule has 1 aromatic heterocycles. The number of imidazole rings is 1. The lowest BCUT2D eigenvalue weighted by Gasteiger charge is -2.10. The summed E-state index contributed by atoms with van der Waals surface area (Å²) in [4.78, 5) is 4.29. The lowest BCUT2D eigenvalue weighted by molar-refractivity contribution is 0.355. The number of aromatic nitrogens is 2. The zero-order chi connectivity index (χ0) is 15.0. The van der Waals surface area contributed by atoms with Crippen LogP contribution in [0.1, 0.15) is 0 Å². The maximum atomic E-state index is 10.2. The van der Waals surface area contributed by atoms with E-state index in [1.807, 2.05) is 31.3 Å². The standard InChI is InChI=1S/C16H16N2O3/c1-18-9-17-12-6-11(7-13(19)16(12)18)10-4-5-14(20-2)15(8-10)21-3/h4-9,19H,1-3H3. The minimum Gasteiger partial charge on any atom is -0.506 e. The van der Waals surface area contributed by atoms with Gasteiger partial charge in [0, 0.05) is 7.05 Å². The fraction of sp³-hybridized carbons (Fsp3) is 0.188. The molecule has 21 heavy (non-hydrogen) atoms. The largest absolute Gasteiger partial charge is 0.506 e. The maximum Gasteiger partial charge on any atom is 0.161 e. The van der Waals surface area contributed by atoms with Gasteiger partial charge in [-0.3, -0.25) is 0 Å². The molecule has 1 N–H and O–H groups in total. The average molecular weight is 284 g/mol. The van der Waals surface area contributed by atoms with Crippen molar-refractivity contribution in [2.24, 2.45) is 7.05 Å². The predicted molar refractivity (Wildman–Crippen MR) is 80.9 cm³/mol. The summed E-state index contributed by atoms with van der Waals surface area (Å²) in [7, 11) is 5.05. The van der Waals surface area contributed by atoms with Gasteiger partial charge in [0.05, 0.1) is 26.1 Å². The molecule has 1 heterocycles. The molecule has 0 atom stereocenters. The van der Waals surface area contributed by atoms with Crippen molar-refractivity contribution in [1.82, 2.24) is 9.55 Å². The molecule has 0 amide bonds. The highest BCUT2D eigenvalue weighted by Gasteiger charge is 2.11. The molecule has 0 saturated heterocycles. The van der Waals surface area contributed by atoms with Crippen LogP contribution < -0.4 is 9.47 Å². The molecule has 3 aromatic rings. The van der Waals surface area contributed by atoms with Gasteiger partial charge in [0.1, 0.15) is 11.3 Å². The number of hydrogen-bond donors (Lipinski definition) is 1. The third-order valence-electron chi connectivity index (χ3n) is 3.51. The zero-order valence-electron chi connectivity index (χ0n) is 12.1. The zero-order valence-corrected chi connectivity index (χ0v) is 12.1. The molecule has 0 aliphatic heterocycles. The third kappa shape index (κ3) is 2.16. The van der Waals surface area contributed by atoms with Gasteiger partial charge in [-0.2, -0.15) is 0 Å². The Labute approximate surface area is 122 Å². The first-order valence-electron chi connectivity index (χ1n) is 6.50. The van der Waals surface area contributed by atoms with Crippen molar-refractivity contribution in [2.45, 2.75) is 0 Å². The van der Waals surface area contributed by atoms with E-state index in [-0.39, 0.29) is 5.75 Å².